The average molecular weight is 200 g/mol. The van der Waals surface area contributed by atoms with Crippen LogP contribution in [0.4, 0.5) is 0 Å². The normalized spacial score (nSPS) is 33.3. The standard InChI is InChI=1S/C10H20N2O2/c1-9(2,3)14-7-4-5-10(12,6-7)8(11)13/h7H,4-6,12H2,1-3H3,(H2,11,13). The van der Waals surface area contributed by atoms with Crippen molar-refractivity contribution in [2.24, 2.45) is 11.5 Å². The Morgan fingerprint density at radius 1 is 1.50 bits per heavy atom. The first-order valence-corrected chi connectivity index (χ1v) is 4.99. The van der Waals surface area contributed by atoms with Crippen LogP contribution >= 0.6 is 0 Å². The molecule has 0 spiro atoms. The Labute approximate surface area is 85.0 Å². The summed E-state index contributed by atoms with van der Waals surface area (Å²) < 4.78 is 5.76. The number of nitrogens with two attached hydrogens (primary N) is 2. The van der Waals surface area contributed by atoms with Crippen LogP contribution in [0.2, 0.25) is 0 Å². The van der Waals surface area contributed by atoms with E-state index >= 15 is 0 Å². The van der Waals surface area contributed by atoms with E-state index in [-0.39, 0.29) is 11.7 Å². The topological polar surface area (TPSA) is 78.3 Å². The van der Waals surface area contributed by atoms with Gasteiger partial charge in [-0.3, -0.25) is 4.79 Å². The van der Waals surface area contributed by atoms with Gasteiger partial charge in [0.2, 0.25) is 5.91 Å². The highest BCUT2D eigenvalue weighted by atomic mass is 16.5. The molecule has 0 aromatic rings. The molecule has 82 valence electrons. The maximum Gasteiger partial charge on any atom is 0.237 e. The van der Waals surface area contributed by atoms with E-state index in [2.05, 4.69) is 0 Å². The van der Waals surface area contributed by atoms with Gasteiger partial charge in [0.1, 0.15) is 0 Å². The van der Waals surface area contributed by atoms with Gasteiger partial charge in [-0.1, -0.05) is 0 Å². The van der Waals surface area contributed by atoms with Gasteiger partial charge in [-0.25, -0.2) is 0 Å². The van der Waals surface area contributed by atoms with Gasteiger partial charge >= 0.3 is 0 Å². The highest BCUT2D eigenvalue weighted by Gasteiger charge is 2.42. The number of rotatable bonds is 2. The number of ether oxygens (including phenoxy) is 1. The molecule has 4 N–H and O–H groups in total. The highest BCUT2D eigenvalue weighted by Crippen LogP contribution is 2.31. The van der Waals surface area contributed by atoms with Crippen LogP contribution in [0, 0.1) is 0 Å². The van der Waals surface area contributed by atoms with E-state index in [0.717, 1.165) is 6.42 Å². The second kappa shape index (κ2) is 3.51. The van der Waals surface area contributed by atoms with Crippen molar-refractivity contribution in [2.75, 3.05) is 0 Å². The number of primary amides is 1. The van der Waals surface area contributed by atoms with Gasteiger partial charge in [-0.2, -0.15) is 0 Å². The summed E-state index contributed by atoms with van der Waals surface area (Å²) in [5.41, 5.74) is 10.1. The molecule has 0 aromatic heterocycles. The lowest BCUT2D eigenvalue weighted by atomic mass is 9.98. The zero-order valence-corrected chi connectivity index (χ0v) is 9.17. The lowest BCUT2D eigenvalue weighted by molar-refractivity contribution is -0.123. The maximum absolute atomic E-state index is 11.1. The Balaban J connectivity index is 2.53. The lowest BCUT2D eigenvalue weighted by Gasteiger charge is -2.26. The van der Waals surface area contributed by atoms with Crippen LogP contribution in [0.15, 0.2) is 0 Å². The van der Waals surface area contributed by atoms with Gasteiger partial charge in [0.05, 0.1) is 17.2 Å². The summed E-state index contributed by atoms with van der Waals surface area (Å²) in [6.07, 6.45) is 2.05. The third-order valence-corrected chi connectivity index (χ3v) is 2.52. The number of hydrogen-bond acceptors (Lipinski definition) is 3. The SMILES string of the molecule is CC(C)(C)OC1CCC(N)(C(N)=O)C1. The molecule has 1 aliphatic rings. The monoisotopic (exact) mass is 200 g/mol. The fourth-order valence-corrected chi connectivity index (χ4v) is 1.85. The first-order chi connectivity index (χ1) is 6.23. The summed E-state index contributed by atoms with van der Waals surface area (Å²) in [7, 11) is 0. The molecular weight excluding hydrogens is 180 g/mol. The number of carbonyl (C=O) groups excluding carboxylic acids is 1. The van der Waals surface area contributed by atoms with E-state index in [1.165, 1.54) is 0 Å². The van der Waals surface area contributed by atoms with Crippen LogP contribution in [0.3, 0.4) is 0 Å². The van der Waals surface area contributed by atoms with Crippen molar-refractivity contribution in [3.8, 4) is 0 Å². The van der Waals surface area contributed by atoms with Gasteiger partial charge in [0.25, 0.3) is 0 Å². The van der Waals surface area contributed by atoms with Gasteiger partial charge in [0, 0.05) is 6.42 Å². The molecule has 1 amide bonds. The zero-order chi connectivity index (χ0) is 11.0. The van der Waals surface area contributed by atoms with Crippen molar-refractivity contribution >= 4 is 5.91 Å². The van der Waals surface area contributed by atoms with Gasteiger partial charge in [-0.05, 0) is 33.6 Å². The van der Waals surface area contributed by atoms with Crippen molar-refractivity contribution in [1.29, 1.82) is 0 Å². The Morgan fingerprint density at radius 2 is 2.07 bits per heavy atom. The second-order valence-electron chi connectivity index (χ2n) is 5.12. The van der Waals surface area contributed by atoms with E-state index in [1.54, 1.807) is 0 Å². The van der Waals surface area contributed by atoms with Crippen LogP contribution in [0.5, 0.6) is 0 Å². The van der Waals surface area contributed by atoms with Crippen molar-refractivity contribution in [1.82, 2.24) is 0 Å². The van der Waals surface area contributed by atoms with E-state index in [4.69, 9.17) is 16.2 Å². The Kier molecular flexibility index (Phi) is 2.88. The Hall–Kier alpha value is -0.610. The number of carbonyl (C=O) groups is 1. The van der Waals surface area contributed by atoms with E-state index in [9.17, 15) is 4.79 Å². The lowest BCUT2D eigenvalue weighted by Crippen LogP contribution is -2.50. The van der Waals surface area contributed by atoms with Crippen molar-refractivity contribution in [3.05, 3.63) is 0 Å². The van der Waals surface area contributed by atoms with Crippen molar-refractivity contribution in [3.63, 3.8) is 0 Å². The molecule has 14 heavy (non-hydrogen) atoms. The first-order valence-electron chi connectivity index (χ1n) is 4.99. The molecule has 0 heterocycles. The number of hydrogen-bond donors (Lipinski definition) is 2. The molecule has 0 radical (unpaired) electrons. The molecule has 0 saturated heterocycles. The Bertz CT molecular complexity index is 235. The van der Waals surface area contributed by atoms with Crippen LogP contribution in [0.1, 0.15) is 40.0 Å². The summed E-state index contributed by atoms with van der Waals surface area (Å²) in [6.45, 7) is 5.98. The third-order valence-electron chi connectivity index (χ3n) is 2.52. The van der Waals surface area contributed by atoms with E-state index in [0.29, 0.717) is 12.8 Å². The van der Waals surface area contributed by atoms with Crippen LogP contribution in [0.25, 0.3) is 0 Å². The van der Waals surface area contributed by atoms with Crippen LogP contribution in [-0.2, 0) is 9.53 Å². The summed E-state index contributed by atoms with van der Waals surface area (Å²) in [4.78, 5) is 11.1. The van der Waals surface area contributed by atoms with Crippen molar-refractivity contribution in [2.45, 2.75) is 57.3 Å². The maximum atomic E-state index is 11.1. The zero-order valence-electron chi connectivity index (χ0n) is 9.17. The highest BCUT2D eigenvalue weighted by molar-refractivity contribution is 5.84. The minimum atomic E-state index is -0.851. The fourth-order valence-electron chi connectivity index (χ4n) is 1.85. The smallest absolute Gasteiger partial charge is 0.237 e. The Morgan fingerprint density at radius 3 is 2.43 bits per heavy atom. The minimum Gasteiger partial charge on any atom is -0.373 e. The van der Waals surface area contributed by atoms with Crippen LogP contribution < -0.4 is 11.5 Å². The third kappa shape index (κ3) is 2.69. The summed E-state index contributed by atoms with van der Waals surface area (Å²) in [5.74, 6) is -0.419. The van der Waals surface area contributed by atoms with Gasteiger partial charge < -0.3 is 16.2 Å². The molecule has 0 bridgehead atoms. The second-order valence-corrected chi connectivity index (χ2v) is 5.12. The molecule has 4 nitrogen and oxygen atoms in total. The first kappa shape index (κ1) is 11.5. The summed E-state index contributed by atoms with van der Waals surface area (Å²) in [5, 5.41) is 0. The molecule has 0 aromatic carbocycles. The minimum absolute atomic E-state index is 0.0625. The summed E-state index contributed by atoms with van der Waals surface area (Å²) in [6, 6.07) is 0. The van der Waals surface area contributed by atoms with Gasteiger partial charge in [-0.15, -0.1) is 0 Å². The molecule has 4 heteroatoms. The fraction of sp³-hybridized carbons (Fsp3) is 0.900. The molecule has 1 saturated carbocycles. The average Bonchev–Trinajstić information content (AvgIpc) is 2.29. The van der Waals surface area contributed by atoms with Crippen LogP contribution in [-0.4, -0.2) is 23.2 Å². The molecule has 1 fully saturated rings. The van der Waals surface area contributed by atoms with E-state index in [1.807, 2.05) is 20.8 Å². The molecule has 1 aliphatic carbocycles. The van der Waals surface area contributed by atoms with Crippen molar-refractivity contribution < 1.29 is 9.53 Å². The molecule has 1 rings (SSSR count). The summed E-state index contributed by atoms with van der Waals surface area (Å²) >= 11 is 0. The molecule has 2 atom stereocenters. The molecule has 2 unspecified atom stereocenters. The van der Waals surface area contributed by atoms with Gasteiger partial charge in [0.15, 0.2) is 0 Å². The largest absolute Gasteiger partial charge is 0.373 e. The predicted molar refractivity (Wildman–Crippen MR) is 54.6 cm³/mol. The quantitative estimate of drug-likeness (QED) is 0.682. The number of amides is 1. The van der Waals surface area contributed by atoms with E-state index < -0.39 is 11.4 Å². The predicted octanol–water partition coefficient (Wildman–Crippen LogP) is 0.537. The molecule has 0 aliphatic heterocycles. The molecular formula is C10H20N2O2.